The lowest BCUT2D eigenvalue weighted by atomic mass is 10.0. The molecule has 0 N–H and O–H groups in total. The fourth-order valence-corrected chi connectivity index (χ4v) is 3.54. The SMILES string of the molecule is CCc1ccc(-c2nccn2[C@H]2CCCN(c3ncccn3)C2)cc1. The van der Waals surface area contributed by atoms with Crippen LogP contribution in [0.5, 0.6) is 0 Å². The normalized spacial score (nSPS) is 17.6. The van der Waals surface area contributed by atoms with Crippen LogP contribution in [-0.4, -0.2) is 32.6 Å². The molecule has 4 rings (SSSR count). The summed E-state index contributed by atoms with van der Waals surface area (Å²) in [4.78, 5) is 15.7. The summed E-state index contributed by atoms with van der Waals surface area (Å²) in [5.41, 5.74) is 2.53. The minimum absolute atomic E-state index is 0.390. The molecule has 3 heterocycles. The molecule has 1 saturated heterocycles. The molecule has 25 heavy (non-hydrogen) atoms. The first-order valence-electron chi connectivity index (χ1n) is 8.99. The van der Waals surface area contributed by atoms with E-state index in [2.05, 4.69) is 61.8 Å². The number of anilines is 1. The molecule has 1 fully saturated rings. The number of aryl methyl sites for hydroxylation is 1. The summed E-state index contributed by atoms with van der Waals surface area (Å²) >= 11 is 0. The van der Waals surface area contributed by atoms with Gasteiger partial charge >= 0.3 is 0 Å². The smallest absolute Gasteiger partial charge is 0.225 e. The van der Waals surface area contributed by atoms with Gasteiger partial charge in [0.1, 0.15) is 5.82 Å². The van der Waals surface area contributed by atoms with Crippen molar-refractivity contribution in [3.05, 3.63) is 60.7 Å². The number of hydrogen-bond donors (Lipinski definition) is 0. The first kappa shape index (κ1) is 15.8. The Kier molecular flexibility index (Phi) is 4.46. The van der Waals surface area contributed by atoms with E-state index in [1.54, 1.807) is 0 Å². The van der Waals surface area contributed by atoms with E-state index in [0.29, 0.717) is 6.04 Å². The molecule has 0 bridgehead atoms. The standard InChI is InChI=1S/C20H23N5/c1-2-16-6-8-17(9-7-16)19-21-12-14-25(19)18-5-3-13-24(15-18)20-22-10-4-11-23-20/h4,6-12,14,18H,2-3,5,13,15H2,1H3/t18-/m0/s1. The molecule has 0 unspecified atom stereocenters. The molecule has 0 radical (unpaired) electrons. The van der Waals surface area contributed by atoms with Crippen LogP contribution in [0.4, 0.5) is 5.95 Å². The topological polar surface area (TPSA) is 46.8 Å². The van der Waals surface area contributed by atoms with E-state index in [0.717, 1.165) is 44.1 Å². The fourth-order valence-electron chi connectivity index (χ4n) is 3.54. The molecular formula is C20H23N5. The Hall–Kier alpha value is -2.69. The summed E-state index contributed by atoms with van der Waals surface area (Å²) in [6.07, 6.45) is 11.0. The number of hydrogen-bond acceptors (Lipinski definition) is 4. The zero-order chi connectivity index (χ0) is 17.1. The van der Waals surface area contributed by atoms with Crippen LogP contribution < -0.4 is 4.90 Å². The number of piperidine rings is 1. The van der Waals surface area contributed by atoms with Gasteiger partial charge in [-0.15, -0.1) is 0 Å². The summed E-state index contributed by atoms with van der Waals surface area (Å²) in [5.74, 6) is 1.87. The van der Waals surface area contributed by atoms with Crippen molar-refractivity contribution in [2.45, 2.75) is 32.2 Å². The van der Waals surface area contributed by atoms with E-state index in [9.17, 15) is 0 Å². The van der Waals surface area contributed by atoms with Gasteiger partial charge in [0, 0.05) is 43.4 Å². The van der Waals surface area contributed by atoms with Crippen LogP contribution in [-0.2, 0) is 6.42 Å². The van der Waals surface area contributed by atoms with Crippen LogP contribution in [0.2, 0.25) is 0 Å². The number of rotatable bonds is 4. The minimum Gasteiger partial charge on any atom is -0.339 e. The van der Waals surface area contributed by atoms with Crippen molar-refractivity contribution in [1.82, 2.24) is 19.5 Å². The van der Waals surface area contributed by atoms with Crippen molar-refractivity contribution < 1.29 is 0 Å². The Bertz CT molecular complexity index is 810. The van der Waals surface area contributed by atoms with Crippen molar-refractivity contribution in [3.8, 4) is 11.4 Å². The summed E-state index contributed by atoms with van der Waals surface area (Å²) in [5, 5.41) is 0. The Balaban J connectivity index is 1.58. The first-order chi connectivity index (χ1) is 12.3. The molecule has 1 atom stereocenters. The number of aromatic nitrogens is 4. The van der Waals surface area contributed by atoms with Gasteiger partial charge in [0.25, 0.3) is 0 Å². The second-order valence-corrected chi connectivity index (χ2v) is 6.50. The second-order valence-electron chi connectivity index (χ2n) is 6.50. The first-order valence-corrected chi connectivity index (χ1v) is 8.99. The Morgan fingerprint density at radius 2 is 1.84 bits per heavy atom. The molecule has 5 heteroatoms. The third kappa shape index (κ3) is 3.27. The quantitative estimate of drug-likeness (QED) is 0.729. The summed E-state index contributed by atoms with van der Waals surface area (Å²) in [7, 11) is 0. The van der Waals surface area contributed by atoms with E-state index in [1.165, 1.54) is 11.1 Å². The van der Waals surface area contributed by atoms with Gasteiger partial charge in [-0.25, -0.2) is 15.0 Å². The third-order valence-electron chi connectivity index (χ3n) is 4.91. The monoisotopic (exact) mass is 333 g/mol. The van der Waals surface area contributed by atoms with Gasteiger partial charge in [-0.3, -0.25) is 0 Å². The lowest BCUT2D eigenvalue weighted by Crippen LogP contribution is -2.37. The van der Waals surface area contributed by atoms with Gasteiger partial charge in [0.2, 0.25) is 5.95 Å². The lowest BCUT2D eigenvalue weighted by molar-refractivity contribution is 0.404. The van der Waals surface area contributed by atoms with E-state index < -0.39 is 0 Å². The number of benzene rings is 1. The maximum atomic E-state index is 4.63. The average molecular weight is 333 g/mol. The van der Waals surface area contributed by atoms with Crippen LogP contribution in [0, 0.1) is 0 Å². The van der Waals surface area contributed by atoms with E-state index in [4.69, 9.17) is 0 Å². The van der Waals surface area contributed by atoms with Crippen molar-refractivity contribution >= 4 is 5.95 Å². The van der Waals surface area contributed by atoms with Crippen molar-refractivity contribution in [3.63, 3.8) is 0 Å². The molecule has 2 aromatic heterocycles. The molecule has 1 aromatic carbocycles. The van der Waals surface area contributed by atoms with Gasteiger partial charge < -0.3 is 9.47 Å². The number of nitrogens with zero attached hydrogens (tertiary/aromatic N) is 5. The molecule has 1 aliphatic heterocycles. The van der Waals surface area contributed by atoms with Crippen molar-refractivity contribution in [2.24, 2.45) is 0 Å². The molecule has 0 amide bonds. The highest BCUT2D eigenvalue weighted by molar-refractivity contribution is 5.56. The predicted octanol–water partition coefficient (Wildman–Crippen LogP) is 3.74. The van der Waals surface area contributed by atoms with Crippen molar-refractivity contribution in [1.29, 1.82) is 0 Å². The van der Waals surface area contributed by atoms with Gasteiger partial charge in [0.15, 0.2) is 0 Å². The zero-order valence-electron chi connectivity index (χ0n) is 14.5. The average Bonchev–Trinajstić information content (AvgIpc) is 3.19. The predicted molar refractivity (Wildman–Crippen MR) is 99.6 cm³/mol. The van der Waals surface area contributed by atoms with Crippen LogP contribution in [0.15, 0.2) is 55.1 Å². The molecule has 0 saturated carbocycles. The van der Waals surface area contributed by atoms with Crippen LogP contribution in [0.1, 0.15) is 31.4 Å². The van der Waals surface area contributed by atoms with Gasteiger partial charge in [0.05, 0.1) is 6.04 Å². The number of imidazole rings is 1. The molecule has 0 spiro atoms. The largest absolute Gasteiger partial charge is 0.339 e. The molecule has 5 nitrogen and oxygen atoms in total. The maximum absolute atomic E-state index is 4.63. The van der Waals surface area contributed by atoms with Crippen LogP contribution >= 0.6 is 0 Å². The zero-order valence-corrected chi connectivity index (χ0v) is 14.5. The van der Waals surface area contributed by atoms with Crippen LogP contribution in [0.3, 0.4) is 0 Å². The van der Waals surface area contributed by atoms with Crippen LogP contribution in [0.25, 0.3) is 11.4 Å². The second kappa shape index (κ2) is 7.05. The highest BCUT2D eigenvalue weighted by Gasteiger charge is 2.24. The molecular weight excluding hydrogens is 310 g/mol. The van der Waals surface area contributed by atoms with E-state index >= 15 is 0 Å². The molecule has 1 aliphatic rings. The molecule has 128 valence electrons. The maximum Gasteiger partial charge on any atom is 0.225 e. The minimum atomic E-state index is 0.390. The summed E-state index contributed by atoms with van der Waals surface area (Å²) < 4.78 is 2.32. The summed E-state index contributed by atoms with van der Waals surface area (Å²) in [6, 6.07) is 11.0. The Labute approximate surface area is 148 Å². The highest BCUT2D eigenvalue weighted by atomic mass is 15.3. The lowest BCUT2D eigenvalue weighted by Gasteiger charge is -2.34. The van der Waals surface area contributed by atoms with E-state index in [-0.39, 0.29) is 0 Å². The molecule has 3 aromatic rings. The van der Waals surface area contributed by atoms with Crippen molar-refractivity contribution in [2.75, 3.05) is 18.0 Å². The highest BCUT2D eigenvalue weighted by Crippen LogP contribution is 2.28. The Morgan fingerprint density at radius 1 is 1.04 bits per heavy atom. The van der Waals surface area contributed by atoms with E-state index in [1.807, 2.05) is 24.7 Å². The molecule has 0 aliphatic carbocycles. The van der Waals surface area contributed by atoms with Gasteiger partial charge in [-0.1, -0.05) is 31.2 Å². The van der Waals surface area contributed by atoms with Gasteiger partial charge in [-0.2, -0.15) is 0 Å². The third-order valence-corrected chi connectivity index (χ3v) is 4.91. The fraction of sp³-hybridized carbons (Fsp3) is 0.350. The van der Waals surface area contributed by atoms with Gasteiger partial charge in [-0.05, 0) is 30.9 Å². The summed E-state index contributed by atoms with van der Waals surface area (Å²) in [6.45, 7) is 4.11. The Morgan fingerprint density at radius 3 is 2.60 bits per heavy atom.